The van der Waals surface area contributed by atoms with Crippen LogP contribution in [-0.4, -0.2) is 46.5 Å². The highest BCUT2D eigenvalue weighted by Gasteiger charge is 2.15. The van der Waals surface area contributed by atoms with Crippen molar-refractivity contribution in [3.63, 3.8) is 0 Å². The summed E-state index contributed by atoms with van der Waals surface area (Å²) in [5, 5.41) is 28.9. The molecule has 3 N–H and O–H groups in total. The molecule has 0 bridgehead atoms. The van der Waals surface area contributed by atoms with Crippen molar-refractivity contribution >= 4 is 0 Å². The smallest absolute Gasteiger partial charge is 0.0815 e. The van der Waals surface area contributed by atoms with Crippen LogP contribution in [0.3, 0.4) is 0 Å². The molecule has 106 valence electrons. The van der Waals surface area contributed by atoms with Gasteiger partial charge in [-0.05, 0) is 18.2 Å². The van der Waals surface area contributed by atoms with E-state index >= 15 is 0 Å². The molecule has 0 spiro atoms. The minimum absolute atomic E-state index is 0.00858. The van der Waals surface area contributed by atoms with Crippen LogP contribution in [0.15, 0.2) is 36.9 Å². The first-order chi connectivity index (χ1) is 9.06. The number of likely N-dealkylation sites (N-methyl/N-ethyl adjacent to an activating group) is 1. The van der Waals surface area contributed by atoms with Crippen LogP contribution in [0.4, 0.5) is 0 Å². The van der Waals surface area contributed by atoms with Gasteiger partial charge in [0.1, 0.15) is 0 Å². The Balaban J connectivity index is 2.48. The molecule has 1 rings (SSSR count). The molecular weight excluding hydrogens is 242 g/mol. The fourth-order valence-corrected chi connectivity index (χ4v) is 1.97. The Kier molecular flexibility index (Phi) is 6.73. The number of hydrogen-bond donors (Lipinski definition) is 3. The molecule has 0 aliphatic heterocycles. The van der Waals surface area contributed by atoms with Gasteiger partial charge in [-0.15, -0.1) is 6.58 Å². The van der Waals surface area contributed by atoms with E-state index in [9.17, 15) is 10.2 Å². The third kappa shape index (κ3) is 5.53. The number of nitrogens with zero attached hydrogens (tertiary/aromatic N) is 1. The van der Waals surface area contributed by atoms with Gasteiger partial charge in [0.2, 0.25) is 0 Å². The zero-order valence-electron chi connectivity index (χ0n) is 11.4. The molecule has 19 heavy (non-hydrogen) atoms. The molecule has 4 nitrogen and oxygen atoms in total. The summed E-state index contributed by atoms with van der Waals surface area (Å²) in [5.41, 5.74) is 1.56. The summed E-state index contributed by atoms with van der Waals surface area (Å²) >= 11 is 0. The Morgan fingerprint density at radius 3 is 2.42 bits per heavy atom. The first-order valence-electron chi connectivity index (χ1n) is 6.42. The van der Waals surface area contributed by atoms with Crippen LogP contribution in [0.5, 0.6) is 0 Å². The van der Waals surface area contributed by atoms with Gasteiger partial charge in [0.15, 0.2) is 0 Å². The van der Waals surface area contributed by atoms with Crippen molar-refractivity contribution in [3.05, 3.63) is 48.0 Å². The normalized spacial score (nSPS) is 14.4. The predicted molar refractivity (Wildman–Crippen MR) is 75.6 cm³/mol. The summed E-state index contributed by atoms with van der Waals surface area (Å²) in [4.78, 5) is 1.94. The van der Waals surface area contributed by atoms with Crippen molar-refractivity contribution in [2.75, 3.05) is 20.1 Å². The largest absolute Gasteiger partial charge is 0.392 e. The molecule has 0 saturated carbocycles. The van der Waals surface area contributed by atoms with Gasteiger partial charge in [0.25, 0.3) is 0 Å². The Morgan fingerprint density at radius 1 is 1.26 bits per heavy atom. The van der Waals surface area contributed by atoms with Crippen LogP contribution < -0.4 is 0 Å². The van der Waals surface area contributed by atoms with Gasteiger partial charge in [-0.3, -0.25) is 0 Å². The lowest BCUT2D eigenvalue weighted by molar-refractivity contribution is 0.0617. The third-order valence-corrected chi connectivity index (χ3v) is 3.01. The van der Waals surface area contributed by atoms with Gasteiger partial charge in [0, 0.05) is 19.5 Å². The monoisotopic (exact) mass is 265 g/mol. The van der Waals surface area contributed by atoms with Gasteiger partial charge < -0.3 is 20.2 Å². The maximum Gasteiger partial charge on any atom is 0.0815 e. The van der Waals surface area contributed by atoms with Crippen LogP contribution in [0.25, 0.3) is 0 Å². The van der Waals surface area contributed by atoms with Gasteiger partial charge in [-0.1, -0.05) is 30.3 Å². The van der Waals surface area contributed by atoms with E-state index < -0.39 is 12.2 Å². The Bertz CT molecular complexity index is 377. The van der Waals surface area contributed by atoms with Gasteiger partial charge in [-0.2, -0.15) is 0 Å². The highest BCUT2D eigenvalue weighted by molar-refractivity contribution is 5.23. The topological polar surface area (TPSA) is 63.9 Å². The predicted octanol–water partition coefficient (Wildman–Crippen LogP) is 1.08. The van der Waals surface area contributed by atoms with Gasteiger partial charge in [-0.25, -0.2) is 0 Å². The van der Waals surface area contributed by atoms with Crippen LogP contribution in [0, 0.1) is 0 Å². The van der Waals surface area contributed by atoms with E-state index in [1.54, 1.807) is 30.3 Å². The molecule has 2 unspecified atom stereocenters. The molecule has 4 heteroatoms. The second kappa shape index (κ2) is 8.07. The van der Waals surface area contributed by atoms with E-state index in [0.29, 0.717) is 19.5 Å². The van der Waals surface area contributed by atoms with E-state index in [1.807, 2.05) is 11.9 Å². The van der Waals surface area contributed by atoms with Crippen LogP contribution >= 0.6 is 0 Å². The minimum Gasteiger partial charge on any atom is -0.392 e. The lowest BCUT2D eigenvalue weighted by Crippen LogP contribution is -2.30. The zero-order chi connectivity index (χ0) is 14.3. The van der Waals surface area contributed by atoms with Crippen LogP contribution in [0.1, 0.15) is 23.7 Å². The van der Waals surface area contributed by atoms with E-state index in [1.165, 1.54) is 0 Å². The van der Waals surface area contributed by atoms with Crippen molar-refractivity contribution in [1.82, 2.24) is 4.90 Å². The second-order valence-electron chi connectivity index (χ2n) is 4.81. The van der Waals surface area contributed by atoms with Crippen molar-refractivity contribution in [1.29, 1.82) is 0 Å². The molecule has 0 amide bonds. The molecule has 0 saturated heterocycles. The lowest BCUT2D eigenvalue weighted by atomic mass is 10.0. The van der Waals surface area contributed by atoms with Crippen LogP contribution in [0.2, 0.25) is 0 Å². The molecule has 0 fully saturated rings. The van der Waals surface area contributed by atoms with E-state index in [-0.39, 0.29) is 6.61 Å². The quantitative estimate of drug-likeness (QED) is 0.616. The fourth-order valence-electron chi connectivity index (χ4n) is 1.97. The molecule has 0 aromatic heterocycles. The molecular formula is C15H23NO3. The summed E-state index contributed by atoms with van der Waals surface area (Å²) in [6, 6.07) is 7.09. The number of hydrogen-bond acceptors (Lipinski definition) is 4. The highest BCUT2D eigenvalue weighted by Crippen LogP contribution is 2.19. The van der Waals surface area contributed by atoms with E-state index in [4.69, 9.17) is 5.11 Å². The Hall–Kier alpha value is -1.20. The molecule has 1 aromatic carbocycles. The first-order valence-corrected chi connectivity index (χ1v) is 6.42. The van der Waals surface area contributed by atoms with Crippen molar-refractivity contribution in [2.45, 2.75) is 25.2 Å². The van der Waals surface area contributed by atoms with E-state index in [0.717, 1.165) is 11.1 Å². The molecule has 1 aromatic rings. The number of benzene rings is 1. The first kappa shape index (κ1) is 15.9. The summed E-state index contributed by atoms with van der Waals surface area (Å²) in [5.74, 6) is 0. The molecule has 2 atom stereocenters. The zero-order valence-corrected chi connectivity index (χ0v) is 11.4. The SMILES string of the molecule is C=CCN(C)CC(O)CC(O)c1ccc(CO)cc1. The van der Waals surface area contributed by atoms with Crippen molar-refractivity contribution in [2.24, 2.45) is 0 Å². The fraction of sp³-hybridized carbons (Fsp3) is 0.467. The standard InChI is InChI=1S/C15H23NO3/c1-3-8-16(2)10-14(18)9-15(19)13-6-4-12(11-17)5-7-13/h3-7,14-15,17-19H,1,8-11H2,2H3. The Labute approximate surface area is 114 Å². The van der Waals surface area contributed by atoms with E-state index in [2.05, 4.69) is 6.58 Å². The lowest BCUT2D eigenvalue weighted by Gasteiger charge is -2.21. The maximum atomic E-state index is 10.0. The van der Waals surface area contributed by atoms with Crippen molar-refractivity contribution in [3.8, 4) is 0 Å². The summed E-state index contributed by atoms with van der Waals surface area (Å²) < 4.78 is 0. The summed E-state index contributed by atoms with van der Waals surface area (Å²) in [7, 11) is 1.90. The number of aliphatic hydroxyl groups is 3. The Morgan fingerprint density at radius 2 is 1.89 bits per heavy atom. The summed E-state index contributed by atoms with van der Waals surface area (Å²) in [6.07, 6.45) is 0.786. The number of aliphatic hydroxyl groups excluding tert-OH is 3. The number of rotatable bonds is 8. The average Bonchev–Trinajstić information content (AvgIpc) is 2.38. The maximum absolute atomic E-state index is 10.0. The summed E-state index contributed by atoms with van der Waals surface area (Å²) in [6.45, 7) is 4.84. The minimum atomic E-state index is -0.695. The molecule has 0 heterocycles. The molecule has 0 radical (unpaired) electrons. The van der Waals surface area contributed by atoms with Crippen LogP contribution in [-0.2, 0) is 6.61 Å². The molecule has 0 aliphatic carbocycles. The third-order valence-electron chi connectivity index (χ3n) is 3.01. The highest BCUT2D eigenvalue weighted by atomic mass is 16.3. The average molecular weight is 265 g/mol. The molecule has 0 aliphatic rings. The van der Waals surface area contributed by atoms with Gasteiger partial charge >= 0.3 is 0 Å². The van der Waals surface area contributed by atoms with Gasteiger partial charge in [0.05, 0.1) is 18.8 Å². The van der Waals surface area contributed by atoms with Crippen molar-refractivity contribution < 1.29 is 15.3 Å². The second-order valence-corrected chi connectivity index (χ2v) is 4.81.